The fourth-order valence-electron chi connectivity index (χ4n) is 3.10. The molecule has 0 radical (unpaired) electrons. The van der Waals surface area contributed by atoms with E-state index < -0.39 is 0 Å². The topological polar surface area (TPSA) is 53.2 Å². The van der Waals surface area contributed by atoms with Crippen LogP contribution in [-0.4, -0.2) is 63.3 Å². The number of piperazine rings is 1. The third-order valence-electron chi connectivity index (χ3n) is 4.54. The van der Waals surface area contributed by atoms with Gasteiger partial charge in [-0.25, -0.2) is 0 Å². The van der Waals surface area contributed by atoms with Crippen molar-refractivity contribution in [3.05, 3.63) is 41.7 Å². The van der Waals surface area contributed by atoms with Gasteiger partial charge in [-0.05, 0) is 43.0 Å². The molecule has 3 rings (SSSR count). The lowest BCUT2D eigenvalue weighted by molar-refractivity contribution is 0.146. The van der Waals surface area contributed by atoms with Crippen LogP contribution in [0.25, 0.3) is 0 Å². The lowest BCUT2D eigenvalue weighted by Gasteiger charge is -2.37. The second kappa shape index (κ2) is 11.0. The summed E-state index contributed by atoms with van der Waals surface area (Å²) in [6.45, 7) is 9.19. The van der Waals surface area contributed by atoms with Crippen molar-refractivity contribution in [3.63, 3.8) is 0 Å². The summed E-state index contributed by atoms with van der Waals surface area (Å²) in [6, 6.07) is 8.26. The number of nitrogens with zero attached hydrogens (tertiary/aromatic N) is 3. The van der Waals surface area contributed by atoms with E-state index in [2.05, 4.69) is 32.6 Å². The summed E-state index contributed by atoms with van der Waals surface area (Å²) >= 11 is 1.81. The van der Waals surface area contributed by atoms with Crippen molar-refractivity contribution < 1.29 is 9.15 Å². The van der Waals surface area contributed by atoms with Crippen molar-refractivity contribution in [1.29, 1.82) is 0 Å². The lowest BCUT2D eigenvalue weighted by atomic mass is 10.3. The smallest absolute Gasteiger partial charge is 0.194 e. The molecule has 6 nitrogen and oxygen atoms in total. The van der Waals surface area contributed by atoms with Gasteiger partial charge in [0.05, 0.1) is 11.3 Å². The highest BCUT2D eigenvalue weighted by Crippen LogP contribution is 2.22. The standard InChI is InChI=1S/C20H30N4O2S/c1-2-25-15-5-9-21-20(22-10-8-18-6-3-16-26-18)24-13-11-23(12-14-24)19-7-4-17-27-19/h3-4,6-7,16-17H,2,5,8-15H2,1H3,(H,21,22). The molecule has 148 valence electrons. The summed E-state index contributed by atoms with van der Waals surface area (Å²) < 4.78 is 10.9. The molecule has 1 N–H and O–H groups in total. The highest BCUT2D eigenvalue weighted by atomic mass is 32.1. The van der Waals surface area contributed by atoms with Gasteiger partial charge in [0.25, 0.3) is 0 Å². The van der Waals surface area contributed by atoms with Gasteiger partial charge in [0.2, 0.25) is 0 Å². The van der Waals surface area contributed by atoms with Crippen molar-refractivity contribution >= 4 is 22.3 Å². The minimum atomic E-state index is 0.767. The largest absolute Gasteiger partial charge is 0.469 e. The van der Waals surface area contributed by atoms with Gasteiger partial charge in [-0.2, -0.15) is 0 Å². The first-order valence-electron chi connectivity index (χ1n) is 9.78. The van der Waals surface area contributed by atoms with Crippen molar-refractivity contribution in [2.45, 2.75) is 19.8 Å². The number of hydrogen-bond donors (Lipinski definition) is 1. The molecule has 0 spiro atoms. The molecule has 0 aromatic carbocycles. The first-order valence-corrected chi connectivity index (χ1v) is 10.7. The summed E-state index contributed by atoms with van der Waals surface area (Å²) in [6.07, 6.45) is 3.54. The van der Waals surface area contributed by atoms with Gasteiger partial charge >= 0.3 is 0 Å². The Kier molecular flexibility index (Phi) is 8.04. The molecule has 0 bridgehead atoms. The molecule has 1 aliphatic heterocycles. The fourth-order valence-corrected chi connectivity index (χ4v) is 3.89. The van der Waals surface area contributed by atoms with Gasteiger partial charge in [-0.3, -0.25) is 4.99 Å². The summed E-state index contributed by atoms with van der Waals surface area (Å²) in [4.78, 5) is 9.65. The molecular weight excluding hydrogens is 360 g/mol. The van der Waals surface area contributed by atoms with Crippen LogP contribution in [0.4, 0.5) is 5.00 Å². The normalized spacial score (nSPS) is 15.4. The van der Waals surface area contributed by atoms with Crippen LogP contribution in [0.1, 0.15) is 19.1 Å². The number of furan rings is 1. The Labute approximate surface area is 165 Å². The zero-order valence-corrected chi connectivity index (χ0v) is 16.9. The van der Waals surface area contributed by atoms with Gasteiger partial charge in [0.15, 0.2) is 5.96 Å². The Bertz CT molecular complexity index is 650. The Morgan fingerprint density at radius 1 is 1.26 bits per heavy atom. The molecular formula is C20H30N4O2S. The van der Waals surface area contributed by atoms with Crippen LogP contribution in [0.2, 0.25) is 0 Å². The molecule has 1 fully saturated rings. The van der Waals surface area contributed by atoms with Crippen molar-refractivity contribution in [2.24, 2.45) is 4.99 Å². The van der Waals surface area contributed by atoms with E-state index in [1.54, 1.807) is 6.26 Å². The minimum absolute atomic E-state index is 0.767. The number of anilines is 1. The maximum atomic E-state index is 5.43. The van der Waals surface area contributed by atoms with E-state index in [9.17, 15) is 0 Å². The number of rotatable bonds is 9. The molecule has 0 atom stereocenters. The van der Waals surface area contributed by atoms with E-state index in [0.717, 1.165) is 77.0 Å². The molecule has 2 aromatic heterocycles. The van der Waals surface area contributed by atoms with Gasteiger partial charge in [0, 0.05) is 58.9 Å². The van der Waals surface area contributed by atoms with Crippen molar-refractivity contribution in [3.8, 4) is 0 Å². The van der Waals surface area contributed by atoms with Crippen LogP contribution in [0, 0.1) is 0 Å². The second-order valence-corrected chi connectivity index (χ2v) is 7.36. The quantitative estimate of drug-likeness (QED) is 0.405. The van der Waals surface area contributed by atoms with Crippen LogP contribution in [0.15, 0.2) is 45.3 Å². The predicted octanol–water partition coefficient (Wildman–Crippen LogP) is 3.08. The van der Waals surface area contributed by atoms with Gasteiger partial charge < -0.3 is 24.3 Å². The van der Waals surface area contributed by atoms with Crippen LogP contribution in [0.5, 0.6) is 0 Å². The second-order valence-electron chi connectivity index (χ2n) is 6.44. The molecule has 3 heterocycles. The average molecular weight is 391 g/mol. The monoisotopic (exact) mass is 390 g/mol. The predicted molar refractivity (Wildman–Crippen MR) is 112 cm³/mol. The van der Waals surface area contributed by atoms with Crippen LogP contribution < -0.4 is 10.2 Å². The number of ether oxygens (including phenoxy) is 1. The highest BCUT2D eigenvalue weighted by Gasteiger charge is 2.20. The Morgan fingerprint density at radius 3 is 2.85 bits per heavy atom. The fraction of sp³-hybridized carbons (Fsp3) is 0.550. The molecule has 27 heavy (non-hydrogen) atoms. The number of guanidine groups is 1. The van der Waals surface area contributed by atoms with E-state index in [0.29, 0.717) is 0 Å². The van der Waals surface area contributed by atoms with Crippen molar-refractivity contribution in [2.75, 3.05) is 57.4 Å². The lowest BCUT2D eigenvalue weighted by Crippen LogP contribution is -2.52. The average Bonchev–Trinajstić information content (AvgIpc) is 3.41. The number of hydrogen-bond acceptors (Lipinski definition) is 5. The molecule has 1 aliphatic rings. The van der Waals surface area contributed by atoms with E-state index in [-0.39, 0.29) is 0 Å². The summed E-state index contributed by atoms with van der Waals surface area (Å²) in [5.41, 5.74) is 0. The van der Waals surface area contributed by atoms with Gasteiger partial charge in [-0.1, -0.05) is 0 Å². The molecule has 1 saturated heterocycles. The van der Waals surface area contributed by atoms with Crippen LogP contribution in [0.3, 0.4) is 0 Å². The molecule has 0 unspecified atom stereocenters. The number of nitrogens with one attached hydrogen (secondary N) is 1. The maximum Gasteiger partial charge on any atom is 0.194 e. The number of aliphatic imine (C=N–C) groups is 1. The highest BCUT2D eigenvalue weighted by molar-refractivity contribution is 7.14. The first-order chi connectivity index (χ1) is 13.4. The van der Waals surface area contributed by atoms with Gasteiger partial charge in [-0.15, -0.1) is 11.3 Å². The van der Waals surface area contributed by atoms with Gasteiger partial charge in [0.1, 0.15) is 5.76 Å². The Hall–Kier alpha value is -1.99. The van der Waals surface area contributed by atoms with E-state index in [1.807, 2.05) is 30.4 Å². The third-order valence-corrected chi connectivity index (χ3v) is 5.47. The zero-order valence-electron chi connectivity index (χ0n) is 16.1. The van der Waals surface area contributed by atoms with Crippen molar-refractivity contribution in [1.82, 2.24) is 10.2 Å². The molecule has 7 heteroatoms. The maximum absolute atomic E-state index is 5.43. The summed E-state index contributed by atoms with van der Waals surface area (Å²) in [7, 11) is 0. The first kappa shape index (κ1) is 19.8. The summed E-state index contributed by atoms with van der Waals surface area (Å²) in [5.74, 6) is 2.00. The number of thiophene rings is 1. The SMILES string of the molecule is CCOCCCN=C(NCCc1ccco1)N1CCN(c2cccs2)CC1. The van der Waals surface area contributed by atoms with E-state index in [1.165, 1.54) is 5.00 Å². The minimum Gasteiger partial charge on any atom is -0.469 e. The van der Waals surface area contributed by atoms with Crippen LogP contribution in [-0.2, 0) is 11.2 Å². The molecule has 0 aliphatic carbocycles. The van der Waals surface area contributed by atoms with E-state index in [4.69, 9.17) is 14.1 Å². The Morgan fingerprint density at radius 2 is 2.15 bits per heavy atom. The molecule has 0 amide bonds. The summed E-state index contributed by atoms with van der Waals surface area (Å²) in [5, 5.41) is 7.03. The molecule has 2 aromatic rings. The van der Waals surface area contributed by atoms with Crippen LogP contribution >= 0.6 is 11.3 Å². The molecule has 0 saturated carbocycles. The third kappa shape index (κ3) is 6.29. The Balaban J connectivity index is 1.51. The van der Waals surface area contributed by atoms with E-state index >= 15 is 0 Å². The zero-order chi connectivity index (χ0) is 18.7.